The fourth-order valence-corrected chi connectivity index (χ4v) is 3.81. The van der Waals surface area contributed by atoms with Crippen LogP contribution in [-0.2, 0) is 9.59 Å². The second kappa shape index (κ2) is 11.9. The van der Waals surface area contributed by atoms with Crippen molar-refractivity contribution in [1.82, 2.24) is 10.3 Å². The summed E-state index contributed by atoms with van der Waals surface area (Å²) in [6.07, 6.45) is 1.58. The number of pyridine rings is 1. The number of phenols is 1. The number of fused-ring (bicyclic) bond motifs is 1. The summed E-state index contributed by atoms with van der Waals surface area (Å²) in [5, 5.41) is 19.5. The number of methoxy groups -OCH3 is 2. The first-order valence-corrected chi connectivity index (χ1v) is 11.9. The van der Waals surface area contributed by atoms with E-state index in [9.17, 15) is 14.7 Å². The van der Waals surface area contributed by atoms with Crippen molar-refractivity contribution in [3.05, 3.63) is 84.2 Å². The molecule has 0 saturated heterocycles. The standard InChI is InChI=1S/C29H28N4O6/c1-17(30-2)27(28(35)32-18-8-6-5-7-9-18)29(36)33-19-10-11-24(22(34)14-19)39-23-12-13-31-21-16-26(38-4)25(37-3)15-20(21)23/h5-16,30,34H,1-4H3,(H,32,35)(H,33,36)/b27-17+. The summed E-state index contributed by atoms with van der Waals surface area (Å²) in [4.78, 5) is 30.3. The van der Waals surface area contributed by atoms with Gasteiger partial charge in [0.1, 0.15) is 11.3 Å². The van der Waals surface area contributed by atoms with Gasteiger partial charge in [0.2, 0.25) is 0 Å². The number of nitrogens with zero attached hydrogens (tertiary/aromatic N) is 1. The molecule has 0 saturated carbocycles. The number of benzene rings is 3. The van der Waals surface area contributed by atoms with Crippen molar-refractivity contribution in [2.75, 3.05) is 31.9 Å². The topological polar surface area (TPSA) is 131 Å². The van der Waals surface area contributed by atoms with Crippen molar-refractivity contribution in [3.8, 4) is 28.7 Å². The van der Waals surface area contributed by atoms with Crippen LogP contribution in [0.5, 0.6) is 28.7 Å². The molecule has 0 radical (unpaired) electrons. The van der Waals surface area contributed by atoms with Crippen molar-refractivity contribution < 1.29 is 28.9 Å². The zero-order chi connectivity index (χ0) is 27.9. The summed E-state index contributed by atoms with van der Waals surface area (Å²) >= 11 is 0. The number of hydrogen-bond donors (Lipinski definition) is 4. The predicted molar refractivity (Wildman–Crippen MR) is 148 cm³/mol. The fourth-order valence-electron chi connectivity index (χ4n) is 3.81. The van der Waals surface area contributed by atoms with Crippen LogP contribution in [0.15, 0.2) is 84.2 Å². The quantitative estimate of drug-likeness (QED) is 0.138. The van der Waals surface area contributed by atoms with Gasteiger partial charge in [-0.25, -0.2) is 0 Å². The molecule has 39 heavy (non-hydrogen) atoms. The van der Waals surface area contributed by atoms with Crippen LogP contribution in [0.3, 0.4) is 0 Å². The second-order valence-electron chi connectivity index (χ2n) is 8.34. The number of aromatic hydroxyl groups is 1. The Balaban J connectivity index is 1.55. The Morgan fingerprint density at radius 2 is 1.46 bits per heavy atom. The molecule has 4 rings (SSSR count). The molecule has 10 nitrogen and oxygen atoms in total. The molecule has 4 aromatic rings. The molecular weight excluding hydrogens is 500 g/mol. The van der Waals surface area contributed by atoms with Crippen molar-refractivity contribution >= 4 is 34.1 Å². The zero-order valence-electron chi connectivity index (χ0n) is 21.9. The monoisotopic (exact) mass is 528 g/mol. The van der Waals surface area contributed by atoms with E-state index in [2.05, 4.69) is 20.9 Å². The van der Waals surface area contributed by atoms with Gasteiger partial charge < -0.3 is 35.3 Å². The molecule has 1 heterocycles. The number of allylic oxidation sites excluding steroid dienone is 1. The molecule has 4 N–H and O–H groups in total. The molecule has 0 aliphatic carbocycles. The third-order valence-electron chi connectivity index (χ3n) is 5.88. The summed E-state index contributed by atoms with van der Waals surface area (Å²) < 4.78 is 16.7. The van der Waals surface area contributed by atoms with E-state index in [0.717, 1.165) is 0 Å². The highest BCUT2D eigenvalue weighted by molar-refractivity contribution is 6.26. The number of aromatic nitrogens is 1. The highest BCUT2D eigenvalue weighted by Gasteiger charge is 2.22. The van der Waals surface area contributed by atoms with Crippen LogP contribution < -0.4 is 30.2 Å². The van der Waals surface area contributed by atoms with Crippen LogP contribution in [0.1, 0.15) is 6.92 Å². The summed E-state index contributed by atoms with van der Waals surface area (Å²) in [6, 6.07) is 18.3. The maximum absolute atomic E-state index is 13.1. The molecule has 2 amide bonds. The lowest BCUT2D eigenvalue weighted by molar-refractivity contribution is -0.118. The number of carbonyl (C=O) groups is 2. The number of nitrogens with one attached hydrogen (secondary N) is 3. The van der Waals surface area contributed by atoms with Crippen molar-refractivity contribution in [1.29, 1.82) is 0 Å². The van der Waals surface area contributed by atoms with Crippen LogP contribution >= 0.6 is 0 Å². The third-order valence-corrected chi connectivity index (χ3v) is 5.88. The zero-order valence-corrected chi connectivity index (χ0v) is 21.9. The lowest BCUT2D eigenvalue weighted by Crippen LogP contribution is -2.29. The second-order valence-corrected chi connectivity index (χ2v) is 8.34. The van der Waals surface area contributed by atoms with Crippen LogP contribution in [-0.4, -0.2) is 43.2 Å². The van der Waals surface area contributed by atoms with Crippen molar-refractivity contribution in [2.45, 2.75) is 6.92 Å². The van der Waals surface area contributed by atoms with E-state index in [-0.39, 0.29) is 22.8 Å². The van der Waals surface area contributed by atoms with Crippen molar-refractivity contribution in [3.63, 3.8) is 0 Å². The summed E-state index contributed by atoms with van der Waals surface area (Å²) in [7, 11) is 4.69. The molecule has 0 aliphatic rings. The predicted octanol–water partition coefficient (Wildman–Crippen LogP) is 4.82. The van der Waals surface area contributed by atoms with E-state index in [1.807, 2.05) is 6.07 Å². The Morgan fingerprint density at radius 1 is 0.795 bits per heavy atom. The minimum atomic E-state index is -0.649. The van der Waals surface area contributed by atoms with E-state index in [1.54, 1.807) is 68.7 Å². The molecule has 3 aromatic carbocycles. The van der Waals surface area contributed by atoms with Crippen LogP contribution in [0.2, 0.25) is 0 Å². The molecule has 10 heteroatoms. The van der Waals surface area contributed by atoms with Crippen LogP contribution in [0, 0.1) is 0 Å². The van der Waals surface area contributed by atoms with Gasteiger partial charge in [0.25, 0.3) is 11.8 Å². The molecule has 0 spiro atoms. The highest BCUT2D eigenvalue weighted by Crippen LogP contribution is 2.39. The van der Waals surface area contributed by atoms with Gasteiger partial charge in [-0.05, 0) is 43.3 Å². The van der Waals surface area contributed by atoms with Crippen molar-refractivity contribution in [2.24, 2.45) is 0 Å². The molecule has 0 atom stereocenters. The first-order valence-electron chi connectivity index (χ1n) is 11.9. The Labute approximate surface area is 225 Å². The normalized spacial score (nSPS) is 11.3. The minimum absolute atomic E-state index is 0.103. The van der Waals surface area contributed by atoms with Gasteiger partial charge in [0.15, 0.2) is 23.0 Å². The van der Waals surface area contributed by atoms with Gasteiger partial charge in [-0.2, -0.15) is 0 Å². The summed E-state index contributed by atoms with van der Waals surface area (Å²) in [5.74, 6) is 0.164. The average Bonchev–Trinajstić information content (AvgIpc) is 2.94. The molecule has 0 aliphatic heterocycles. The van der Waals surface area contributed by atoms with Crippen LogP contribution in [0.25, 0.3) is 10.9 Å². The largest absolute Gasteiger partial charge is 0.504 e. The molecule has 200 valence electrons. The maximum atomic E-state index is 13.1. The lowest BCUT2D eigenvalue weighted by Gasteiger charge is -2.15. The molecule has 1 aromatic heterocycles. The number of hydrogen-bond acceptors (Lipinski definition) is 8. The number of para-hydroxylation sites is 1. The average molecular weight is 529 g/mol. The number of ether oxygens (including phenoxy) is 3. The van der Waals surface area contributed by atoms with Gasteiger partial charge in [-0.3, -0.25) is 14.6 Å². The van der Waals surface area contributed by atoms with E-state index in [4.69, 9.17) is 14.2 Å². The molecule has 0 bridgehead atoms. The van der Waals surface area contributed by atoms with Gasteiger partial charge in [0, 0.05) is 47.8 Å². The summed E-state index contributed by atoms with van der Waals surface area (Å²) in [6.45, 7) is 1.62. The van der Waals surface area contributed by atoms with E-state index in [0.29, 0.717) is 39.5 Å². The Kier molecular flexibility index (Phi) is 8.15. The van der Waals surface area contributed by atoms with Gasteiger partial charge in [-0.15, -0.1) is 0 Å². The minimum Gasteiger partial charge on any atom is -0.504 e. The van der Waals surface area contributed by atoms with E-state index >= 15 is 0 Å². The van der Waals surface area contributed by atoms with Gasteiger partial charge in [0.05, 0.1) is 19.7 Å². The fraction of sp³-hybridized carbons (Fsp3) is 0.138. The van der Waals surface area contributed by atoms with Gasteiger partial charge >= 0.3 is 0 Å². The number of phenolic OH excluding ortho intramolecular Hbond substituents is 1. The molecule has 0 unspecified atom stereocenters. The Bertz CT molecular complexity index is 1550. The van der Waals surface area contributed by atoms with Crippen LogP contribution in [0.4, 0.5) is 11.4 Å². The number of carbonyl (C=O) groups excluding carboxylic acids is 2. The highest BCUT2D eigenvalue weighted by atomic mass is 16.5. The maximum Gasteiger partial charge on any atom is 0.263 e. The first kappa shape index (κ1) is 26.8. The third kappa shape index (κ3) is 6.02. The first-order chi connectivity index (χ1) is 18.8. The Hall–Kier alpha value is -5.25. The summed E-state index contributed by atoms with van der Waals surface area (Å²) in [5.41, 5.74) is 1.71. The lowest BCUT2D eigenvalue weighted by atomic mass is 10.1. The Morgan fingerprint density at radius 3 is 2.10 bits per heavy atom. The molecule has 0 fully saturated rings. The number of amides is 2. The SMILES string of the molecule is CN/C(C)=C(\C(=O)Nc1ccccc1)C(=O)Nc1ccc(Oc2ccnc3cc(OC)c(OC)cc23)c(O)c1. The number of anilines is 2. The molecular formula is C29H28N4O6. The van der Waals surface area contributed by atoms with Gasteiger partial charge in [-0.1, -0.05) is 18.2 Å². The van der Waals surface area contributed by atoms with E-state index < -0.39 is 11.8 Å². The van der Waals surface area contributed by atoms with E-state index in [1.165, 1.54) is 26.4 Å². The number of rotatable bonds is 9. The smallest absolute Gasteiger partial charge is 0.263 e.